The van der Waals surface area contributed by atoms with Crippen LogP contribution in [-0.2, 0) is 13.0 Å². The van der Waals surface area contributed by atoms with Gasteiger partial charge < -0.3 is 0 Å². The molecule has 0 N–H and O–H groups in total. The van der Waals surface area contributed by atoms with Gasteiger partial charge in [0.25, 0.3) is 11.2 Å². The molecule has 41 heavy (non-hydrogen) atoms. The molecule has 0 spiro atoms. The molecule has 8 heteroatoms. The molecule has 1 heterocycles. The molecule has 0 aliphatic heterocycles. The topological polar surface area (TPSA) is 81.3 Å². The summed E-state index contributed by atoms with van der Waals surface area (Å²) in [7, 11) is 0. The average molecular weight is 593 g/mol. The number of aryl methyl sites for hydroxylation is 1. The number of nitrogens with zero attached hydrogens (tertiary/aromatic N) is 4. The number of rotatable bonds is 22. The van der Waals surface area contributed by atoms with Gasteiger partial charge in [-0.2, -0.15) is 0 Å². The van der Waals surface area contributed by atoms with E-state index in [1.54, 1.807) is 6.07 Å². The van der Waals surface area contributed by atoms with E-state index >= 15 is 0 Å². The van der Waals surface area contributed by atoms with Crippen LogP contribution in [0.1, 0.15) is 137 Å². The van der Waals surface area contributed by atoms with Gasteiger partial charge >= 0.3 is 0 Å². The van der Waals surface area contributed by atoms with E-state index in [4.69, 9.17) is 4.98 Å². The van der Waals surface area contributed by atoms with Crippen LogP contribution < -0.4 is 5.56 Å². The Kier molecular flexibility index (Phi) is 18.8. The molecular weight excluding hydrogens is 536 g/mol. The number of aromatic nitrogens is 2. The summed E-state index contributed by atoms with van der Waals surface area (Å²) < 4.78 is 1.82. The van der Waals surface area contributed by atoms with Gasteiger partial charge in [0, 0.05) is 43.7 Å². The molecule has 0 bridgehead atoms. The third-order valence-corrected chi connectivity index (χ3v) is 8.14. The standard InChI is InChI=1S/C33H56N4O3.ClH/c1-6-7-8-9-10-11-12-13-14-15-16-17-18-19-20-21-32-34-31-26-29(37(39)40)22-23-30(31)33(38)36(32)25-24-35(27(2)3)28(4)5;/h22-23,26-28H,6-21,24-25H2,1-5H3;1H. The molecule has 0 radical (unpaired) electrons. The molecule has 234 valence electrons. The summed E-state index contributed by atoms with van der Waals surface area (Å²) in [4.78, 5) is 31.5. The summed E-state index contributed by atoms with van der Waals surface area (Å²) in [6.45, 7) is 12.3. The van der Waals surface area contributed by atoms with Gasteiger partial charge in [0.15, 0.2) is 0 Å². The molecular formula is C33H57ClN4O3. The average Bonchev–Trinajstić information content (AvgIpc) is 2.91. The number of non-ortho nitro benzene ring substituents is 1. The minimum atomic E-state index is -0.426. The molecule has 7 nitrogen and oxygen atoms in total. The fraction of sp³-hybridized carbons (Fsp3) is 0.758. The zero-order chi connectivity index (χ0) is 29.3. The molecule has 1 aromatic heterocycles. The van der Waals surface area contributed by atoms with Crippen LogP contribution in [0.4, 0.5) is 5.69 Å². The van der Waals surface area contributed by atoms with Crippen LogP contribution in [0.3, 0.4) is 0 Å². The quantitative estimate of drug-likeness (QED) is 0.0773. The Morgan fingerprint density at radius 3 is 1.78 bits per heavy atom. The number of hydrogen-bond acceptors (Lipinski definition) is 5. The molecule has 2 rings (SSSR count). The van der Waals surface area contributed by atoms with Crippen LogP contribution in [0, 0.1) is 10.1 Å². The first-order chi connectivity index (χ1) is 19.3. The first-order valence-electron chi connectivity index (χ1n) is 16.2. The zero-order valence-corrected chi connectivity index (χ0v) is 27.4. The van der Waals surface area contributed by atoms with E-state index < -0.39 is 4.92 Å². The largest absolute Gasteiger partial charge is 0.297 e. The van der Waals surface area contributed by atoms with E-state index in [2.05, 4.69) is 39.5 Å². The third kappa shape index (κ3) is 13.2. The molecule has 2 aromatic rings. The Balaban J connectivity index is 0.00000840. The van der Waals surface area contributed by atoms with Crippen molar-refractivity contribution in [1.82, 2.24) is 14.5 Å². The summed E-state index contributed by atoms with van der Waals surface area (Å²) in [5.74, 6) is 0.750. The third-order valence-electron chi connectivity index (χ3n) is 8.14. The molecule has 0 aliphatic carbocycles. The molecule has 1 aromatic carbocycles. The van der Waals surface area contributed by atoms with Crippen molar-refractivity contribution >= 4 is 29.0 Å². The van der Waals surface area contributed by atoms with Gasteiger partial charge in [-0.3, -0.25) is 24.4 Å². The van der Waals surface area contributed by atoms with Crippen molar-refractivity contribution in [3.63, 3.8) is 0 Å². The van der Waals surface area contributed by atoms with Crippen LogP contribution in [0.5, 0.6) is 0 Å². The number of nitro benzene ring substituents is 1. The maximum Gasteiger partial charge on any atom is 0.271 e. The molecule has 0 atom stereocenters. The lowest BCUT2D eigenvalue weighted by Crippen LogP contribution is -2.41. The van der Waals surface area contributed by atoms with Crippen molar-refractivity contribution in [3.8, 4) is 0 Å². The summed E-state index contributed by atoms with van der Waals surface area (Å²) in [5, 5.41) is 11.8. The van der Waals surface area contributed by atoms with Gasteiger partial charge in [0.2, 0.25) is 0 Å². The highest BCUT2D eigenvalue weighted by molar-refractivity contribution is 5.85. The van der Waals surface area contributed by atoms with Crippen LogP contribution >= 0.6 is 12.4 Å². The summed E-state index contributed by atoms with van der Waals surface area (Å²) in [6.07, 6.45) is 20.4. The Hall–Kier alpha value is -1.99. The molecule has 0 aliphatic rings. The monoisotopic (exact) mass is 592 g/mol. The van der Waals surface area contributed by atoms with Crippen LogP contribution in [0.15, 0.2) is 23.0 Å². The van der Waals surface area contributed by atoms with E-state index in [0.717, 1.165) is 31.6 Å². The Morgan fingerprint density at radius 1 is 0.829 bits per heavy atom. The minimum absolute atomic E-state index is 0. The van der Waals surface area contributed by atoms with Crippen molar-refractivity contribution in [2.45, 2.75) is 156 Å². The fourth-order valence-corrected chi connectivity index (χ4v) is 5.77. The lowest BCUT2D eigenvalue weighted by molar-refractivity contribution is -0.384. The summed E-state index contributed by atoms with van der Waals surface area (Å²) in [6, 6.07) is 5.15. The molecule has 0 saturated heterocycles. The number of benzene rings is 1. The number of hydrogen-bond donors (Lipinski definition) is 0. The number of halogens is 1. The highest BCUT2D eigenvalue weighted by atomic mass is 35.5. The van der Waals surface area contributed by atoms with Crippen molar-refractivity contribution in [3.05, 3.63) is 44.5 Å². The zero-order valence-electron chi connectivity index (χ0n) is 26.5. The fourth-order valence-electron chi connectivity index (χ4n) is 5.77. The van der Waals surface area contributed by atoms with E-state index in [9.17, 15) is 14.9 Å². The van der Waals surface area contributed by atoms with Crippen LogP contribution in [0.2, 0.25) is 0 Å². The minimum Gasteiger partial charge on any atom is -0.297 e. The number of nitro groups is 1. The lowest BCUT2D eigenvalue weighted by atomic mass is 10.0. The maximum absolute atomic E-state index is 13.5. The van der Waals surface area contributed by atoms with Crippen LogP contribution in [-0.4, -0.2) is 38.0 Å². The second-order valence-corrected chi connectivity index (χ2v) is 12.1. The predicted octanol–water partition coefficient (Wildman–Crippen LogP) is 9.26. The molecule has 0 saturated carbocycles. The number of fused-ring (bicyclic) bond motifs is 1. The molecule has 0 unspecified atom stereocenters. The molecule has 0 fully saturated rings. The highest BCUT2D eigenvalue weighted by Crippen LogP contribution is 2.19. The first kappa shape index (κ1) is 37.0. The van der Waals surface area contributed by atoms with Gasteiger partial charge in [-0.1, -0.05) is 96.8 Å². The number of unbranched alkanes of at least 4 members (excludes halogenated alkanes) is 14. The van der Waals surface area contributed by atoms with Crippen molar-refractivity contribution in [2.75, 3.05) is 6.54 Å². The summed E-state index contributed by atoms with van der Waals surface area (Å²) in [5.41, 5.74) is 0.306. The van der Waals surface area contributed by atoms with Crippen molar-refractivity contribution in [2.24, 2.45) is 0 Å². The SMILES string of the molecule is CCCCCCCCCCCCCCCCCc1nc2cc([N+](=O)[O-])ccc2c(=O)n1CCN(C(C)C)C(C)C.Cl. The second kappa shape index (κ2) is 20.8. The van der Waals surface area contributed by atoms with E-state index in [1.807, 2.05) is 4.57 Å². The van der Waals surface area contributed by atoms with Gasteiger partial charge in [-0.05, 0) is 40.2 Å². The van der Waals surface area contributed by atoms with E-state index in [0.29, 0.717) is 29.5 Å². The van der Waals surface area contributed by atoms with E-state index in [1.165, 1.54) is 95.6 Å². The Bertz CT molecular complexity index is 1060. The van der Waals surface area contributed by atoms with Gasteiger partial charge in [-0.15, -0.1) is 12.4 Å². The van der Waals surface area contributed by atoms with Crippen molar-refractivity contribution in [1.29, 1.82) is 0 Å². The Morgan fingerprint density at radius 2 is 1.32 bits per heavy atom. The normalized spacial score (nSPS) is 11.6. The second-order valence-electron chi connectivity index (χ2n) is 12.1. The predicted molar refractivity (Wildman–Crippen MR) is 176 cm³/mol. The van der Waals surface area contributed by atoms with Crippen LogP contribution in [0.25, 0.3) is 10.9 Å². The Labute approximate surface area is 255 Å². The molecule has 0 amide bonds. The lowest BCUT2D eigenvalue weighted by Gasteiger charge is -2.31. The van der Waals surface area contributed by atoms with Gasteiger partial charge in [-0.25, -0.2) is 4.98 Å². The highest BCUT2D eigenvalue weighted by Gasteiger charge is 2.17. The van der Waals surface area contributed by atoms with Crippen molar-refractivity contribution < 1.29 is 4.92 Å². The summed E-state index contributed by atoms with van der Waals surface area (Å²) >= 11 is 0. The maximum atomic E-state index is 13.5. The van der Waals surface area contributed by atoms with Gasteiger partial charge in [0.1, 0.15) is 5.82 Å². The smallest absolute Gasteiger partial charge is 0.271 e. The van der Waals surface area contributed by atoms with Gasteiger partial charge in [0.05, 0.1) is 15.8 Å². The first-order valence-corrected chi connectivity index (χ1v) is 16.2. The van der Waals surface area contributed by atoms with E-state index in [-0.39, 0.29) is 23.7 Å².